The van der Waals surface area contributed by atoms with Crippen LogP contribution in [0.2, 0.25) is 0 Å². The Morgan fingerprint density at radius 3 is 2.50 bits per heavy atom. The van der Waals surface area contributed by atoms with Crippen molar-refractivity contribution in [2.75, 3.05) is 0 Å². The fraction of sp³-hybridized carbons (Fsp3) is 0.125. The fourth-order valence-electron chi connectivity index (χ4n) is 1.43. The van der Waals surface area contributed by atoms with Gasteiger partial charge in [0.25, 0.3) is 0 Å². The minimum Gasteiger partial charge on any atom is -0.744 e. The van der Waals surface area contributed by atoms with Gasteiger partial charge in [-0.1, -0.05) is 0 Å². The van der Waals surface area contributed by atoms with E-state index in [9.17, 15) is 13.0 Å². The van der Waals surface area contributed by atoms with E-state index in [1.807, 2.05) is 0 Å². The van der Waals surface area contributed by atoms with Gasteiger partial charge in [-0.25, -0.2) is 8.42 Å². The Labute approximate surface area is 119 Å². The van der Waals surface area contributed by atoms with Crippen molar-refractivity contribution in [2.24, 2.45) is 0 Å². The number of H-pyrrole nitrogens is 2. The first-order valence-electron chi connectivity index (χ1n) is 4.06. The molecule has 80 valence electrons. The maximum absolute atomic E-state index is 10.8. The molecule has 2 rings (SSSR count). The predicted molar refractivity (Wildman–Crippen MR) is 56.2 cm³/mol. The summed E-state index contributed by atoms with van der Waals surface area (Å²) in [6, 6.07) is 2.60. The maximum atomic E-state index is 10.8. The van der Waals surface area contributed by atoms with E-state index in [0.717, 1.165) is 0 Å². The van der Waals surface area contributed by atoms with Crippen LogP contribution in [0.1, 0.15) is 5.56 Å². The summed E-state index contributed by atoms with van der Waals surface area (Å²) >= 11 is 4.87. The number of hydrogen-bond acceptors (Lipinski definition) is 4. The zero-order chi connectivity index (χ0) is 11.2. The van der Waals surface area contributed by atoms with Gasteiger partial charge in [-0.2, -0.15) is 0 Å². The van der Waals surface area contributed by atoms with E-state index in [1.165, 1.54) is 12.1 Å². The normalized spacial score (nSPS) is 11.4. The molecule has 0 aliphatic carbocycles. The van der Waals surface area contributed by atoms with E-state index >= 15 is 0 Å². The summed E-state index contributed by atoms with van der Waals surface area (Å²) in [5.74, 6) is 0. The van der Waals surface area contributed by atoms with Gasteiger partial charge in [0.1, 0.15) is 10.1 Å². The summed E-state index contributed by atoms with van der Waals surface area (Å²) in [6.07, 6.45) is 0. The van der Waals surface area contributed by atoms with Gasteiger partial charge in [0.2, 0.25) is 0 Å². The molecule has 0 aliphatic heterocycles. The van der Waals surface area contributed by atoms with Gasteiger partial charge in [0, 0.05) is 0 Å². The molecule has 5 nitrogen and oxygen atoms in total. The SMILES string of the molecule is Cc1cc(S(=O)(=O)[O-])cc2[nH]c(=S)[nH]c12.[Na+]. The summed E-state index contributed by atoms with van der Waals surface area (Å²) in [5, 5.41) is 0. The fourth-order valence-corrected chi connectivity index (χ4v) is 2.23. The van der Waals surface area contributed by atoms with E-state index in [1.54, 1.807) is 6.92 Å². The average molecular weight is 266 g/mol. The summed E-state index contributed by atoms with van der Waals surface area (Å²) in [7, 11) is -4.43. The van der Waals surface area contributed by atoms with Crippen LogP contribution < -0.4 is 29.6 Å². The van der Waals surface area contributed by atoms with E-state index in [0.29, 0.717) is 21.4 Å². The van der Waals surface area contributed by atoms with Crippen molar-refractivity contribution in [3.8, 4) is 0 Å². The molecule has 0 aliphatic rings. The number of aryl methyl sites for hydroxylation is 1. The molecule has 0 spiro atoms. The number of rotatable bonds is 1. The second-order valence-electron chi connectivity index (χ2n) is 3.20. The molecule has 0 unspecified atom stereocenters. The summed E-state index contributed by atoms with van der Waals surface area (Å²) in [6.45, 7) is 1.70. The van der Waals surface area contributed by atoms with Gasteiger partial charge in [-0.15, -0.1) is 0 Å². The van der Waals surface area contributed by atoms with Crippen LogP contribution in [0.4, 0.5) is 0 Å². The monoisotopic (exact) mass is 266 g/mol. The van der Waals surface area contributed by atoms with Crippen molar-refractivity contribution in [3.05, 3.63) is 22.5 Å². The molecule has 1 heterocycles. The van der Waals surface area contributed by atoms with Crippen LogP contribution in [0, 0.1) is 11.7 Å². The van der Waals surface area contributed by atoms with Gasteiger partial charge < -0.3 is 14.5 Å². The van der Waals surface area contributed by atoms with Crippen LogP contribution in [0.3, 0.4) is 0 Å². The minimum atomic E-state index is -4.43. The second kappa shape index (κ2) is 4.59. The molecule has 1 aromatic carbocycles. The molecule has 0 saturated carbocycles. The standard InChI is InChI=1S/C8H8N2O3S2.Na/c1-4-2-5(15(11,12)13)3-6-7(4)10-8(14)9-6;/h2-3H,1H3,(H2,9,10,14)(H,11,12,13);/q;+1/p-1. The summed E-state index contributed by atoms with van der Waals surface area (Å²) in [4.78, 5) is 5.38. The molecular weight excluding hydrogens is 259 g/mol. The molecule has 2 N–H and O–H groups in total. The van der Waals surface area contributed by atoms with Crippen molar-refractivity contribution in [3.63, 3.8) is 0 Å². The first-order valence-corrected chi connectivity index (χ1v) is 5.88. The third-order valence-electron chi connectivity index (χ3n) is 2.08. The molecule has 0 amide bonds. The van der Waals surface area contributed by atoms with Crippen LogP contribution in [-0.4, -0.2) is 22.9 Å². The van der Waals surface area contributed by atoms with Gasteiger partial charge >= 0.3 is 29.6 Å². The number of nitrogens with one attached hydrogen (secondary N) is 2. The number of aromatic amines is 2. The number of fused-ring (bicyclic) bond motifs is 1. The van der Waals surface area contributed by atoms with E-state index in [2.05, 4.69) is 9.97 Å². The molecule has 0 fully saturated rings. The van der Waals surface area contributed by atoms with Crippen molar-refractivity contribution >= 4 is 33.4 Å². The van der Waals surface area contributed by atoms with Gasteiger partial charge in [0.15, 0.2) is 4.77 Å². The topological polar surface area (TPSA) is 88.8 Å². The van der Waals surface area contributed by atoms with Gasteiger partial charge in [0.05, 0.1) is 15.9 Å². The molecule has 8 heteroatoms. The third kappa shape index (κ3) is 2.55. The van der Waals surface area contributed by atoms with Gasteiger partial charge in [-0.3, -0.25) is 0 Å². The Bertz CT molecular complexity index is 687. The number of hydrogen-bond donors (Lipinski definition) is 2. The number of imidazole rings is 1. The van der Waals surface area contributed by atoms with E-state index in [4.69, 9.17) is 12.2 Å². The zero-order valence-corrected chi connectivity index (χ0v) is 12.3. The number of aromatic nitrogens is 2. The molecule has 0 bridgehead atoms. The van der Waals surface area contributed by atoms with Crippen molar-refractivity contribution in [1.29, 1.82) is 0 Å². The summed E-state index contributed by atoms with van der Waals surface area (Å²) in [5.41, 5.74) is 1.90. The van der Waals surface area contributed by atoms with E-state index < -0.39 is 10.1 Å². The Kier molecular flexibility index (Phi) is 3.99. The van der Waals surface area contributed by atoms with Crippen molar-refractivity contribution in [1.82, 2.24) is 9.97 Å². The average Bonchev–Trinajstić information content (AvgIpc) is 2.44. The Morgan fingerprint density at radius 2 is 1.94 bits per heavy atom. The molecule has 0 atom stereocenters. The maximum Gasteiger partial charge on any atom is 1.00 e. The number of benzene rings is 1. The smallest absolute Gasteiger partial charge is 0.744 e. The predicted octanol–water partition coefficient (Wildman–Crippen LogP) is -1.56. The first kappa shape index (κ1) is 13.9. The summed E-state index contributed by atoms with van der Waals surface area (Å²) < 4.78 is 32.9. The van der Waals surface area contributed by atoms with Crippen LogP contribution in [0.15, 0.2) is 17.0 Å². The molecule has 0 saturated heterocycles. The molecule has 1 aromatic heterocycles. The van der Waals surface area contributed by atoms with E-state index in [-0.39, 0.29) is 34.5 Å². The Balaban J connectivity index is 0.00000128. The van der Waals surface area contributed by atoms with Crippen LogP contribution in [-0.2, 0) is 10.1 Å². The zero-order valence-electron chi connectivity index (χ0n) is 8.70. The minimum absolute atomic E-state index is 0. The molecular formula is C8H7N2NaO3S2. The molecule has 2 aromatic rings. The van der Waals surface area contributed by atoms with Crippen LogP contribution in [0.25, 0.3) is 11.0 Å². The van der Waals surface area contributed by atoms with Crippen molar-refractivity contribution in [2.45, 2.75) is 11.8 Å². The van der Waals surface area contributed by atoms with Gasteiger partial charge in [-0.05, 0) is 36.8 Å². The third-order valence-corrected chi connectivity index (χ3v) is 3.10. The second-order valence-corrected chi connectivity index (χ2v) is 4.98. The van der Waals surface area contributed by atoms with Crippen LogP contribution >= 0.6 is 12.2 Å². The first-order chi connectivity index (χ1) is 6.88. The largest absolute Gasteiger partial charge is 1.00 e. The Morgan fingerprint density at radius 1 is 1.31 bits per heavy atom. The Hall–Kier alpha value is -0.180. The van der Waals surface area contributed by atoms with Crippen LogP contribution in [0.5, 0.6) is 0 Å². The quantitative estimate of drug-likeness (QED) is 0.371. The van der Waals surface area contributed by atoms with Crippen molar-refractivity contribution < 1.29 is 42.5 Å². The molecule has 0 radical (unpaired) electrons. The molecule has 16 heavy (non-hydrogen) atoms.